The van der Waals surface area contributed by atoms with Crippen LogP contribution in [0.4, 0.5) is 5.82 Å². The number of rotatable bonds is 9. The van der Waals surface area contributed by atoms with Gasteiger partial charge in [-0.2, -0.15) is 15.2 Å². The molecule has 0 radical (unpaired) electrons. The SMILES string of the molecule is CCOC(=O)c1cn(C)nc1NC(CC)Cc1ccc(-c2ccccc2-c2nc(=O)o[nH]2)cc1. The molecule has 1 unspecified atom stereocenters. The Bertz CT molecular complexity index is 1320. The van der Waals surface area contributed by atoms with Gasteiger partial charge in [0.05, 0.1) is 6.61 Å². The molecule has 0 aliphatic rings. The highest BCUT2D eigenvalue weighted by molar-refractivity contribution is 5.94. The zero-order chi connectivity index (χ0) is 24.1. The van der Waals surface area contributed by atoms with E-state index >= 15 is 0 Å². The molecule has 0 aliphatic heterocycles. The van der Waals surface area contributed by atoms with E-state index in [9.17, 15) is 9.59 Å². The summed E-state index contributed by atoms with van der Waals surface area (Å²) in [6.07, 6.45) is 3.28. The van der Waals surface area contributed by atoms with E-state index in [2.05, 4.69) is 39.6 Å². The van der Waals surface area contributed by atoms with Gasteiger partial charge in [0.15, 0.2) is 11.6 Å². The van der Waals surface area contributed by atoms with E-state index in [1.54, 1.807) is 24.9 Å². The minimum absolute atomic E-state index is 0.0846. The lowest BCUT2D eigenvalue weighted by Gasteiger charge is -2.18. The lowest BCUT2D eigenvalue weighted by atomic mass is 9.96. The third kappa shape index (κ3) is 5.09. The van der Waals surface area contributed by atoms with Crippen LogP contribution in [0.5, 0.6) is 0 Å². The molecule has 2 aromatic heterocycles. The van der Waals surface area contributed by atoms with Crippen LogP contribution in [0, 0.1) is 0 Å². The van der Waals surface area contributed by atoms with Crippen LogP contribution >= 0.6 is 0 Å². The van der Waals surface area contributed by atoms with Crippen LogP contribution < -0.4 is 11.1 Å². The van der Waals surface area contributed by atoms with Gasteiger partial charge in [0.1, 0.15) is 5.56 Å². The maximum Gasteiger partial charge on any atom is 0.460 e. The van der Waals surface area contributed by atoms with Crippen molar-refractivity contribution >= 4 is 11.8 Å². The van der Waals surface area contributed by atoms with E-state index < -0.39 is 5.76 Å². The molecule has 0 spiro atoms. The number of nitrogens with one attached hydrogen (secondary N) is 2. The van der Waals surface area contributed by atoms with E-state index in [4.69, 9.17) is 9.26 Å². The average molecular weight is 462 g/mol. The van der Waals surface area contributed by atoms with E-state index in [-0.39, 0.29) is 12.0 Å². The van der Waals surface area contributed by atoms with Gasteiger partial charge in [-0.15, -0.1) is 0 Å². The molecule has 0 saturated heterocycles. The zero-order valence-corrected chi connectivity index (χ0v) is 19.4. The third-order valence-electron chi connectivity index (χ3n) is 5.53. The lowest BCUT2D eigenvalue weighted by Crippen LogP contribution is -2.23. The molecular formula is C25H27N5O4. The summed E-state index contributed by atoms with van der Waals surface area (Å²) >= 11 is 0. The van der Waals surface area contributed by atoms with Crippen molar-refractivity contribution < 1.29 is 14.1 Å². The second-order valence-electron chi connectivity index (χ2n) is 7.91. The summed E-state index contributed by atoms with van der Waals surface area (Å²) in [6, 6.07) is 16.0. The highest BCUT2D eigenvalue weighted by atomic mass is 16.5. The molecule has 176 valence electrons. The maximum atomic E-state index is 12.3. The molecule has 0 aliphatic carbocycles. The van der Waals surface area contributed by atoms with Gasteiger partial charge in [-0.25, -0.2) is 9.59 Å². The topological polar surface area (TPSA) is 115 Å². The first kappa shape index (κ1) is 23.0. The molecule has 4 rings (SSSR count). The van der Waals surface area contributed by atoms with Crippen molar-refractivity contribution in [1.82, 2.24) is 19.9 Å². The summed E-state index contributed by atoms with van der Waals surface area (Å²) in [7, 11) is 1.78. The highest BCUT2D eigenvalue weighted by Gasteiger charge is 2.19. The number of carbonyl (C=O) groups is 1. The van der Waals surface area contributed by atoms with Crippen LogP contribution in [0.3, 0.4) is 0 Å². The first-order valence-electron chi connectivity index (χ1n) is 11.2. The first-order chi connectivity index (χ1) is 16.5. The molecule has 9 nitrogen and oxygen atoms in total. The molecule has 2 N–H and O–H groups in total. The number of aryl methyl sites for hydroxylation is 1. The Morgan fingerprint density at radius 1 is 1.15 bits per heavy atom. The Morgan fingerprint density at radius 2 is 1.88 bits per heavy atom. The maximum absolute atomic E-state index is 12.3. The normalized spacial score (nSPS) is 11.9. The smallest absolute Gasteiger partial charge is 0.460 e. The summed E-state index contributed by atoms with van der Waals surface area (Å²) < 4.78 is 11.5. The molecule has 2 heterocycles. The Labute approximate surface area is 196 Å². The van der Waals surface area contributed by atoms with Crippen molar-refractivity contribution in [2.24, 2.45) is 7.05 Å². The fourth-order valence-electron chi connectivity index (χ4n) is 3.83. The Kier molecular flexibility index (Phi) is 6.91. The van der Waals surface area contributed by atoms with Crippen molar-refractivity contribution in [2.75, 3.05) is 11.9 Å². The molecule has 4 aromatic rings. The van der Waals surface area contributed by atoms with Crippen LogP contribution in [-0.2, 0) is 18.2 Å². The molecule has 1 atom stereocenters. The molecule has 34 heavy (non-hydrogen) atoms. The van der Waals surface area contributed by atoms with Crippen molar-refractivity contribution in [1.29, 1.82) is 0 Å². The summed E-state index contributed by atoms with van der Waals surface area (Å²) in [5.74, 6) is -0.116. The Morgan fingerprint density at radius 3 is 2.53 bits per heavy atom. The Balaban J connectivity index is 1.51. The number of H-pyrrole nitrogens is 1. The van der Waals surface area contributed by atoms with E-state index in [1.807, 2.05) is 36.4 Å². The lowest BCUT2D eigenvalue weighted by molar-refractivity contribution is 0.0527. The number of nitrogens with zero attached hydrogens (tertiary/aromatic N) is 3. The van der Waals surface area contributed by atoms with Crippen molar-refractivity contribution in [3.05, 3.63) is 76.4 Å². The van der Waals surface area contributed by atoms with Gasteiger partial charge in [0, 0.05) is 24.8 Å². The summed E-state index contributed by atoms with van der Waals surface area (Å²) in [5.41, 5.74) is 4.30. The molecule has 2 aromatic carbocycles. The van der Waals surface area contributed by atoms with Crippen LogP contribution in [0.25, 0.3) is 22.5 Å². The van der Waals surface area contributed by atoms with Crippen molar-refractivity contribution in [3.8, 4) is 22.5 Å². The number of hydrogen-bond acceptors (Lipinski definition) is 7. The van der Waals surface area contributed by atoms with Crippen LogP contribution in [0.1, 0.15) is 36.2 Å². The second kappa shape index (κ2) is 10.2. The van der Waals surface area contributed by atoms with Crippen LogP contribution in [0.15, 0.2) is 64.0 Å². The van der Waals surface area contributed by atoms with Gasteiger partial charge in [0.25, 0.3) is 0 Å². The summed E-state index contributed by atoms with van der Waals surface area (Å²) in [4.78, 5) is 27.5. The predicted molar refractivity (Wildman–Crippen MR) is 129 cm³/mol. The number of hydrogen-bond donors (Lipinski definition) is 2. The molecular weight excluding hydrogens is 434 g/mol. The number of ether oxygens (including phenoxy) is 1. The number of aromatic nitrogens is 4. The number of anilines is 1. The standard InChI is InChI=1S/C25H27N5O4/c1-4-18(26-22-21(15-30(3)28-22)24(31)33-5-2)14-16-10-12-17(13-11-16)19-8-6-7-9-20(19)23-27-25(32)34-29-23/h6-13,15,18H,4-5,14H2,1-3H3,(H,26,28)(H,27,29,32). The summed E-state index contributed by atoms with van der Waals surface area (Å²) in [5, 5.41) is 10.4. The van der Waals surface area contributed by atoms with Gasteiger partial charge in [0.2, 0.25) is 0 Å². The van der Waals surface area contributed by atoms with Gasteiger partial charge < -0.3 is 14.6 Å². The third-order valence-corrected chi connectivity index (χ3v) is 5.53. The predicted octanol–water partition coefficient (Wildman–Crippen LogP) is 4.04. The van der Waals surface area contributed by atoms with Gasteiger partial charge in [-0.1, -0.05) is 55.5 Å². The minimum Gasteiger partial charge on any atom is -0.462 e. The molecule has 9 heteroatoms. The van der Waals surface area contributed by atoms with E-state index in [0.29, 0.717) is 23.8 Å². The average Bonchev–Trinajstić information content (AvgIpc) is 3.44. The first-order valence-corrected chi connectivity index (χ1v) is 11.2. The van der Waals surface area contributed by atoms with Crippen molar-refractivity contribution in [2.45, 2.75) is 32.7 Å². The number of aromatic amines is 1. The fraction of sp³-hybridized carbons (Fsp3) is 0.280. The van der Waals surface area contributed by atoms with Gasteiger partial charge >= 0.3 is 11.7 Å². The largest absolute Gasteiger partial charge is 0.462 e. The van der Waals surface area contributed by atoms with Crippen molar-refractivity contribution in [3.63, 3.8) is 0 Å². The minimum atomic E-state index is -0.655. The van der Waals surface area contributed by atoms with Gasteiger partial charge in [-0.3, -0.25) is 4.68 Å². The van der Waals surface area contributed by atoms with E-state index in [1.165, 1.54) is 0 Å². The quantitative estimate of drug-likeness (QED) is 0.362. The summed E-state index contributed by atoms with van der Waals surface area (Å²) in [6.45, 7) is 4.18. The molecule has 0 fully saturated rings. The second-order valence-corrected chi connectivity index (χ2v) is 7.91. The van der Waals surface area contributed by atoms with Gasteiger partial charge in [-0.05, 0) is 36.5 Å². The Hall–Kier alpha value is -4.14. The van der Waals surface area contributed by atoms with E-state index in [0.717, 1.165) is 35.1 Å². The monoisotopic (exact) mass is 461 g/mol. The molecule has 0 amide bonds. The number of carbonyl (C=O) groups excluding carboxylic acids is 1. The van der Waals surface area contributed by atoms with Crippen LogP contribution in [-0.4, -0.2) is 38.5 Å². The van der Waals surface area contributed by atoms with Crippen LogP contribution in [0.2, 0.25) is 0 Å². The number of benzene rings is 2. The molecule has 0 bridgehead atoms. The highest BCUT2D eigenvalue weighted by Crippen LogP contribution is 2.30. The molecule has 0 saturated carbocycles. The number of esters is 1. The zero-order valence-electron chi connectivity index (χ0n) is 19.4. The fourth-order valence-corrected chi connectivity index (χ4v) is 3.83.